The highest BCUT2D eigenvalue weighted by Gasteiger charge is 2.31. The summed E-state index contributed by atoms with van der Waals surface area (Å²) in [4.78, 5) is 0. The minimum absolute atomic E-state index is 0.00380. The second-order valence-corrected chi connectivity index (χ2v) is 3.61. The Morgan fingerprint density at radius 1 is 1.55 bits per heavy atom. The molecule has 2 nitrogen and oxygen atoms in total. The van der Waals surface area contributed by atoms with E-state index in [1.54, 1.807) is 0 Å². The number of hydrogen-bond acceptors (Lipinski definition) is 1. The lowest BCUT2D eigenvalue weighted by Gasteiger charge is -2.27. The van der Waals surface area contributed by atoms with Crippen molar-refractivity contribution in [2.75, 3.05) is 0 Å². The number of nitrogens with two attached hydrogens (primary N) is 1. The van der Waals surface area contributed by atoms with Crippen molar-refractivity contribution in [3.63, 3.8) is 0 Å². The van der Waals surface area contributed by atoms with Crippen LogP contribution in [0.15, 0.2) is 0 Å². The highest BCUT2D eigenvalue weighted by atomic mass is 35.5. The maximum absolute atomic E-state index is 13.0. The molecule has 1 saturated carbocycles. The van der Waals surface area contributed by atoms with Crippen molar-refractivity contribution in [2.24, 2.45) is 11.7 Å². The lowest BCUT2D eigenvalue weighted by molar-refractivity contribution is 0.212. The third-order valence-corrected chi connectivity index (χ3v) is 2.50. The zero-order valence-electron chi connectivity index (χ0n) is 6.19. The van der Waals surface area contributed by atoms with Gasteiger partial charge in [-0.3, -0.25) is 5.41 Å². The van der Waals surface area contributed by atoms with E-state index in [2.05, 4.69) is 0 Å². The quantitative estimate of drug-likeness (QED) is 0.358. The largest absolute Gasteiger partial charge is 0.387 e. The van der Waals surface area contributed by atoms with Gasteiger partial charge in [0.25, 0.3) is 0 Å². The summed E-state index contributed by atoms with van der Waals surface area (Å²) in [5, 5.41) is 7.08. The van der Waals surface area contributed by atoms with Crippen LogP contribution in [0.4, 0.5) is 4.39 Å². The van der Waals surface area contributed by atoms with Crippen LogP contribution in [0.1, 0.15) is 19.3 Å². The molecule has 3 unspecified atom stereocenters. The monoisotopic (exact) mass is 178 g/mol. The Morgan fingerprint density at radius 2 is 2.18 bits per heavy atom. The van der Waals surface area contributed by atoms with Gasteiger partial charge in [0, 0.05) is 11.3 Å². The molecule has 1 rings (SSSR count). The molecule has 64 valence electrons. The zero-order chi connectivity index (χ0) is 8.43. The van der Waals surface area contributed by atoms with Crippen LogP contribution < -0.4 is 5.73 Å². The number of alkyl halides is 2. The molecule has 3 atom stereocenters. The van der Waals surface area contributed by atoms with E-state index in [0.29, 0.717) is 19.3 Å². The van der Waals surface area contributed by atoms with E-state index < -0.39 is 12.1 Å². The molecule has 0 heterocycles. The average Bonchev–Trinajstić information content (AvgIpc) is 1.94. The highest BCUT2D eigenvalue weighted by molar-refractivity contribution is 6.20. The molecule has 4 heteroatoms. The van der Waals surface area contributed by atoms with Gasteiger partial charge in [-0.15, -0.1) is 11.6 Å². The van der Waals surface area contributed by atoms with Gasteiger partial charge in [0.05, 0.1) is 5.84 Å². The summed E-state index contributed by atoms with van der Waals surface area (Å²) in [5.74, 6) is -0.505. The lowest BCUT2D eigenvalue weighted by atomic mass is 9.86. The fraction of sp³-hybridized carbons (Fsp3) is 0.857. The lowest BCUT2D eigenvalue weighted by Crippen LogP contribution is -2.36. The summed E-state index contributed by atoms with van der Waals surface area (Å²) in [6.45, 7) is 0. The van der Waals surface area contributed by atoms with E-state index in [1.165, 1.54) is 0 Å². The molecule has 0 amide bonds. The summed E-state index contributed by atoms with van der Waals surface area (Å²) < 4.78 is 13.0. The molecule has 0 aromatic rings. The van der Waals surface area contributed by atoms with Crippen molar-refractivity contribution in [3.05, 3.63) is 0 Å². The van der Waals surface area contributed by atoms with Crippen LogP contribution in [-0.2, 0) is 0 Å². The van der Waals surface area contributed by atoms with Gasteiger partial charge in [-0.05, 0) is 19.3 Å². The second-order valence-electron chi connectivity index (χ2n) is 2.99. The Kier molecular flexibility index (Phi) is 2.71. The van der Waals surface area contributed by atoms with E-state index in [4.69, 9.17) is 22.7 Å². The van der Waals surface area contributed by atoms with Crippen LogP contribution in [0.5, 0.6) is 0 Å². The van der Waals surface area contributed by atoms with Crippen LogP contribution in [-0.4, -0.2) is 17.4 Å². The van der Waals surface area contributed by atoms with E-state index in [0.717, 1.165) is 0 Å². The van der Waals surface area contributed by atoms with Gasteiger partial charge in [-0.2, -0.15) is 0 Å². The number of amidine groups is 1. The van der Waals surface area contributed by atoms with Gasteiger partial charge in [0.15, 0.2) is 0 Å². The molecule has 0 bridgehead atoms. The molecule has 1 aliphatic carbocycles. The Balaban J connectivity index is 2.54. The van der Waals surface area contributed by atoms with E-state index in [-0.39, 0.29) is 11.2 Å². The molecule has 0 saturated heterocycles. The third kappa shape index (κ3) is 2.06. The van der Waals surface area contributed by atoms with Gasteiger partial charge in [0.2, 0.25) is 0 Å². The zero-order valence-corrected chi connectivity index (χ0v) is 6.94. The fourth-order valence-corrected chi connectivity index (χ4v) is 1.72. The standard InChI is InChI=1S/C7H12ClFN2/c8-4-1-2-6(9)5(3-4)7(10)11/h4-6H,1-3H2,(H3,10,11). The van der Waals surface area contributed by atoms with Crippen molar-refractivity contribution in [3.8, 4) is 0 Å². The predicted octanol–water partition coefficient (Wildman–Crippen LogP) is 1.67. The molecule has 0 aromatic carbocycles. The summed E-state index contributed by atoms with van der Waals surface area (Å²) >= 11 is 5.80. The summed E-state index contributed by atoms with van der Waals surface area (Å²) in [6.07, 6.45) is 0.700. The Morgan fingerprint density at radius 3 is 2.64 bits per heavy atom. The van der Waals surface area contributed by atoms with Crippen LogP contribution in [0.25, 0.3) is 0 Å². The van der Waals surface area contributed by atoms with Crippen molar-refractivity contribution in [1.82, 2.24) is 0 Å². The Labute approximate surface area is 70.4 Å². The van der Waals surface area contributed by atoms with Crippen LogP contribution in [0, 0.1) is 11.3 Å². The summed E-state index contributed by atoms with van der Waals surface area (Å²) in [5.41, 5.74) is 5.20. The smallest absolute Gasteiger partial charge is 0.110 e. The van der Waals surface area contributed by atoms with E-state index in [9.17, 15) is 4.39 Å². The minimum atomic E-state index is -0.956. The summed E-state index contributed by atoms with van der Waals surface area (Å²) in [7, 11) is 0. The van der Waals surface area contributed by atoms with Crippen molar-refractivity contribution in [1.29, 1.82) is 5.41 Å². The van der Waals surface area contributed by atoms with Gasteiger partial charge in [0.1, 0.15) is 6.17 Å². The Bertz CT molecular complexity index is 163. The minimum Gasteiger partial charge on any atom is -0.387 e. The van der Waals surface area contributed by atoms with Crippen molar-refractivity contribution >= 4 is 17.4 Å². The van der Waals surface area contributed by atoms with E-state index in [1.807, 2.05) is 0 Å². The molecule has 1 aliphatic rings. The normalized spacial score (nSPS) is 38.5. The maximum Gasteiger partial charge on any atom is 0.110 e. The first-order valence-corrected chi connectivity index (χ1v) is 4.17. The second kappa shape index (κ2) is 3.39. The van der Waals surface area contributed by atoms with Crippen molar-refractivity contribution in [2.45, 2.75) is 30.8 Å². The highest BCUT2D eigenvalue weighted by Crippen LogP contribution is 2.29. The number of rotatable bonds is 1. The molecule has 1 fully saturated rings. The molecule has 11 heavy (non-hydrogen) atoms. The fourth-order valence-electron chi connectivity index (χ4n) is 1.40. The molecular formula is C7H12ClFN2. The van der Waals surface area contributed by atoms with E-state index >= 15 is 0 Å². The number of hydrogen-bond donors (Lipinski definition) is 2. The number of nitrogens with one attached hydrogen (secondary N) is 1. The molecule has 0 aromatic heterocycles. The molecule has 3 N–H and O–H groups in total. The number of halogens is 2. The van der Waals surface area contributed by atoms with Gasteiger partial charge in [-0.1, -0.05) is 0 Å². The molecule has 0 spiro atoms. The van der Waals surface area contributed by atoms with Gasteiger partial charge >= 0.3 is 0 Å². The summed E-state index contributed by atoms with van der Waals surface area (Å²) in [6, 6.07) is 0. The first-order valence-electron chi connectivity index (χ1n) is 3.73. The average molecular weight is 179 g/mol. The van der Waals surface area contributed by atoms with Gasteiger partial charge < -0.3 is 5.73 Å². The first-order chi connectivity index (χ1) is 5.11. The Hall–Kier alpha value is -0.310. The van der Waals surface area contributed by atoms with Gasteiger partial charge in [-0.25, -0.2) is 4.39 Å². The molecule has 0 aliphatic heterocycles. The third-order valence-electron chi connectivity index (χ3n) is 2.10. The van der Waals surface area contributed by atoms with Crippen LogP contribution in [0.3, 0.4) is 0 Å². The topological polar surface area (TPSA) is 49.9 Å². The first kappa shape index (κ1) is 8.78. The molecular weight excluding hydrogens is 167 g/mol. The van der Waals surface area contributed by atoms with Crippen LogP contribution in [0.2, 0.25) is 0 Å². The van der Waals surface area contributed by atoms with Crippen LogP contribution >= 0.6 is 11.6 Å². The van der Waals surface area contributed by atoms with Crippen molar-refractivity contribution < 1.29 is 4.39 Å². The maximum atomic E-state index is 13.0. The predicted molar refractivity (Wildman–Crippen MR) is 43.8 cm³/mol. The SMILES string of the molecule is N=C(N)C1CC(Cl)CCC1F. The molecule has 0 radical (unpaired) electrons.